The number of benzene rings is 2. The number of amides is 1. The van der Waals surface area contributed by atoms with Crippen LogP contribution in [0.3, 0.4) is 0 Å². The molecular formula is C19H23N3O4. The van der Waals surface area contributed by atoms with Crippen LogP contribution in [0.2, 0.25) is 0 Å². The predicted molar refractivity (Wildman–Crippen MR) is 101 cm³/mol. The topological polar surface area (TPSA) is 95.7 Å². The van der Waals surface area contributed by atoms with Gasteiger partial charge in [0.05, 0.1) is 11.5 Å². The van der Waals surface area contributed by atoms with Crippen LogP contribution in [0.5, 0.6) is 0 Å². The highest BCUT2D eigenvalue weighted by molar-refractivity contribution is 5.96. The second kappa shape index (κ2) is 9.53. The first-order chi connectivity index (χ1) is 12.6. The summed E-state index contributed by atoms with van der Waals surface area (Å²) in [7, 11) is 0. The molecule has 7 nitrogen and oxygen atoms in total. The average molecular weight is 357 g/mol. The minimum absolute atomic E-state index is 0.148. The van der Waals surface area contributed by atoms with E-state index in [0.717, 1.165) is 18.5 Å². The van der Waals surface area contributed by atoms with Crippen LogP contribution in [-0.2, 0) is 0 Å². The Bertz CT molecular complexity index is 750. The number of nitrogens with one attached hydrogen (secondary N) is 1. The van der Waals surface area contributed by atoms with Crippen molar-refractivity contribution in [3.63, 3.8) is 0 Å². The molecule has 26 heavy (non-hydrogen) atoms. The summed E-state index contributed by atoms with van der Waals surface area (Å²) < 4.78 is 0. The van der Waals surface area contributed by atoms with Gasteiger partial charge in [-0.15, -0.1) is 0 Å². The van der Waals surface area contributed by atoms with Crippen molar-refractivity contribution in [2.45, 2.75) is 19.8 Å². The number of unbranched alkanes of at least 4 members (excludes halogenated alkanes) is 1. The molecule has 0 fully saturated rings. The van der Waals surface area contributed by atoms with Crippen LogP contribution in [0.1, 0.15) is 30.1 Å². The van der Waals surface area contributed by atoms with Crippen molar-refractivity contribution in [2.24, 2.45) is 0 Å². The molecule has 7 heteroatoms. The van der Waals surface area contributed by atoms with Crippen molar-refractivity contribution >= 4 is 23.0 Å². The third-order valence-electron chi connectivity index (χ3n) is 3.93. The van der Waals surface area contributed by atoms with Crippen molar-refractivity contribution in [3.8, 4) is 0 Å². The van der Waals surface area contributed by atoms with E-state index in [4.69, 9.17) is 0 Å². The standard InChI is InChI=1S/C19H23N3O4/c1-2-3-11-21(12-13-23)19(24)15-9-10-17(18(14-15)22(25)26)20-16-7-5-4-6-8-16/h4-10,14,20,23H,2-3,11-13H2,1H3. The van der Waals surface area contributed by atoms with Crippen molar-refractivity contribution < 1.29 is 14.8 Å². The van der Waals surface area contributed by atoms with E-state index in [-0.39, 0.29) is 30.3 Å². The van der Waals surface area contributed by atoms with Crippen molar-refractivity contribution in [2.75, 3.05) is 25.0 Å². The van der Waals surface area contributed by atoms with Gasteiger partial charge in [-0.1, -0.05) is 31.5 Å². The molecule has 2 rings (SSSR count). The number of nitro benzene ring substituents is 1. The van der Waals surface area contributed by atoms with E-state index in [9.17, 15) is 20.0 Å². The fraction of sp³-hybridized carbons (Fsp3) is 0.316. The highest BCUT2D eigenvalue weighted by Gasteiger charge is 2.21. The molecule has 0 aromatic heterocycles. The molecule has 1 amide bonds. The number of para-hydroxylation sites is 1. The Labute approximate surface area is 152 Å². The monoisotopic (exact) mass is 357 g/mol. The molecule has 2 aromatic carbocycles. The molecule has 0 saturated heterocycles. The predicted octanol–water partition coefficient (Wildman–Crippen LogP) is 3.57. The second-order valence-corrected chi connectivity index (χ2v) is 5.85. The van der Waals surface area contributed by atoms with Gasteiger partial charge in [-0.05, 0) is 30.7 Å². The molecule has 2 N–H and O–H groups in total. The maximum atomic E-state index is 12.7. The Hall–Kier alpha value is -2.93. The number of hydrogen-bond donors (Lipinski definition) is 2. The fourth-order valence-electron chi connectivity index (χ4n) is 2.57. The Balaban J connectivity index is 2.28. The summed E-state index contributed by atoms with van der Waals surface area (Å²) in [4.78, 5) is 25.1. The largest absolute Gasteiger partial charge is 0.395 e. The zero-order valence-electron chi connectivity index (χ0n) is 14.7. The van der Waals surface area contributed by atoms with Gasteiger partial charge in [-0.3, -0.25) is 14.9 Å². The molecule has 0 unspecified atom stereocenters. The van der Waals surface area contributed by atoms with Gasteiger partial charge in [0.1, 0.15) is 5.69 Å². The lowest BCUT2D eigenvalue weighted by Crippen LogP contribution is -2.34. The van der Waals surface area contributed by atoms with E-state index >= 15 is 0 Å². The number of nitrogens with zero attached hydrogens (tertiary/aromatic N) is 2. The van der Waals surface area contributed by atoms with Crippen LogP contribution >= 0.6 is 0 Å². The van der Waals surface area contributed by atoms with Crippen LogP contribution < -0.4 is 5.32 Å². The van der Waals surface area contributed by atoms with Crippen molar-refractivity contribution in [1.82, 2.24) is 4.90 Å². The minimum Gasteiger partial charge on any atom is -0.395 e. The summed E-state index contributed by atoms with van der Waals surface area (Å²) in [5.74, 6) is -0.318. The lowest BCUT2D eigenvalue weighted by molar-refractivity contribution is -0.383. The third-order valence-corrected chi connectivity index (χ3v) is 3.93. The number of carbonyl (C=O) groups is 1. The molecule has 0 spiro atoms. The molecule has 0 saturated carbocycles. The molecule has 0 aliphatic carbocycles. The molecule has 0 aliphatic heterocycles. The summed E-state index contributed by atoms with van der Waals surface area (Å²) in [6, 6.07) is 13.5. The Kier molecular flexibility index (Phi) is 7.11. The zero-order valence-corrected chi connectivity index (χ0v) is 14.7. The van der Waals surface area contributed by atoms with Gasteiger partial charge in [0.25, 0.3) is 11.6 Å². The average Bonchev–Trinajstić information content (AvgIpc) is 2.65. The third kappa shape index (κ3) is 5.03. The Morgan fingerprint density at radius 3 is 2.54 bits per heavy atom. The first-order valence-electron chi connectivity index (χ1n) is 8.57. The van der Waals surface area contributed by atoms with E-state index in [1.807, 2.05) is 25.1 Å². The van der Waals surface area contributed by atoms with E-state index in [1.165, 1.54) is 17.0 Å². The van der Waals surface area contributed by atoms with E-state index in [2.05, 4.69) is 5.32 Å². The summed E-state index contributed by atoms with van der Waals surface area (Å²) in [5.41, 5.74) is 1.11. The van der Waals surface area contributed by atoms with Gasteiger partial charge < -0.3 is 15.3 Å². The number of hydrogen-bond acceptors (Lipinski definition) is 5. The number of carbonyl (C=O) groups excluding carboxylic acids is 1. The van der Waals surface area contributed by atoms with Gasteiger partial charge in [-0.2, -0.15) is 0 Å². The van der Waals surface area contributed by atoms with Crippen molar-refractivity contribution in [3.05, 3.63) is 64.2 Å². The van der Waals surface area contributed by atoms with Crippen LogP contribution in [0.15, 0.2) is 48.5 Å². The van der Waals surface area contributed by atoms with Crippen LogP contribution in [0.4, 0.5) is 17.1 Å². The van der Waals surface area contributed by atoms with Crippen LogP contribution in [0.25, 0.3) is 0 Å². The number of aliphatic hydroxyl groups is 1. The molecule has 138 valence electrons. The highest BCUT2D eigenvalue weighted by atomic mass is 16.6. The first kappa shape index (κ1) is 19.4. The van der Waals surface area contributed by atoms with E-state index in [0.29, 0.717) is 12.2 Å². The molecule has 0 bridgehead atoms. The fourth-order valence-corrected chi connectivity index (χ4v) is 2.57. The van der Waals surface area contributed by atoms with E-state index < -0.39 is 4.92 Å². The lowest BCUT2D eigenvalue weighted by Gasteiger charge is -2.21. The van der Waals surface area contributed by atoms with Crippen LogP contribution in [0, 0.1) is 10.1 Å². The molecule has 0 heterocycles. The van der Waals surface area contributed by atoms with E-state index in [1.54, 1.807) is 18.2 Å². The molecule has 0 atom stereocenters. The maximum Gasteiger partial charge on any atom is 0.293 e. The molecule has 0 aliphatic rings. The van der Waals surface area contributed by atoms with Gasteiger partial charge in [0.15, 0.2) is 0 Å². The molecule has 0 radical (unpaired) electrons. The summed E-state index contributed by atoms with van der Waals surface area (Å²) in [5, 5.41) is 23.6. The highest BCUT2D eigenvalue weighted by Crippen LogP contribution is 2.29. The van der Waals surface area contributed by atoms with Crippen molar-refractivity contribution in [1.29, 1.82) is 0 Å². The smallest absolute Gasteiger partial charge is 0.293 e. The summed E-state index contributed by atoms with van der Waals surface area (Å²) >= 11 is 0. The number of anilines is 2. The summed E-state index contributed by atoms with van der Waals surface area (Å²) in [6.45, 7) is 2.58. The lowest BCUT2D eigenvalue weighted by atomic mass is 10.1. The van der Waals surface area contributed by atoms with Gasteiger partial charge in [-0.25, -0.2) is 0 Å². The second-order valence-electron chi connectivity index (χ2n) is 5.85. The van der Waals surface area contributed by atoms with Crippen LogP contribution in [-0.4, -0.2) is 40.5 Å². The SMILES string of the molecule is CCCCN(CCO)C(=O)c1ccc(Nc2ccccc2)c([N+](=O)[O-])c1. The zero-order chi connectivity index (χ0) is 18.9. The number of nitro groups is 1. The Morgan fingerprint density at radius 2 is 1.92 bits per heavy atom. The van der Waals surface area contributed by atoms with Gasteiger partial charge in [0, 0.05) is 30.4 Å². The number of rotatable bonds is 9. The van der Waals surface area contributed by atoms with Gasteiger partial charge in [0.2, 0.25) is 0 Å². The molecular weight excluding hydrogens is 334 g/mol. The minimum atomic E-state index is -0.509. The maximum absolute atomic E-state index is 12.7. The first-order valence-corrected chi connectivity index (χ1v) is 8.57. The molecule has 2 aromatic rings. The summed E-state index contributed by atoms with van der Waals surface area (Å²) in [6.07, 6.45) is 1.72. The normalized spacial score (nSPS) is 10.4. The Morgan fingerprint density at radius 1 is 1.19 bits per heavy atom. The van der Waals surface area contributed by atoms with Gasteiger partial charge >= 0.3 is 0 Å². The quantitative estimate of drug-likeness (QED) is 0.528. The number of aliphatic hydroxyl groups excluding tert-OH is 1.